The third-order valence-electron chi connectivity index (χ3n) is 5.75. The second kappa shape index (κ2) is 10.3. The van der Waals surface area contributed by atoms with E-state index in [9.17, 15) is 14.3 Å². The van der Waals surface area contributed by atoms with Crippen molar-refractivity contribution in [2.24, 2.45) is 0 Å². The average molecular weight is 458 g/mol. The molecule has 1 aliphatic rings. The first kappa shape index (κ1) is 22.6. The minimum Gasteiger partial charge on any atom is -0.395 e. The molecule has 1 fully saturated rings. The number of benzene rings is 1. The van der Waals surface area contributed by atoms with Gasteiger partial charge in [-0.25, -0.2) is 14.4 Å². The topological polar surface area (TPSA) is 83.3 Å². The molecule has 32 heavy (non-hydrogen) atoms. The summed E-state index contributed by atoms with van der Waals surface area (Å²) in [7, 11) is 0. The number of aliphatic hydroxyl groups excluding tert-OH is 1. The molecule has 0 aliphatic carbocycles. The number of aliphatic hydroxyl groups is 1. The smallest absolute Gasteiger partial charge is 0.270 e. The van der Waals surface area contributed by atoms with Gasteiger partial charge in [-0.1, -0.05) is 6.92 Å². The van der Waals surface area contributed by atoms with Gasteiger partial charge in [-0.3, -0.25) is 4.79 Å². The monoisotopic (exact) mass is 457 g/mol. The number of halogens is 1. The highest BCUT2D eigenvalue weighted by molar-refractivity contribution is 7.13. The Bertz CT molecular complexity index is 1040. The molecule has 0 radical (unpaired) electrons. The maximum Gasteiger partial charge on any atom is 0.270 e. The number of piperidine rings is 1. The molecular formula is C23H28FN5O2S. The van der Waals surface area contributed by atoms with Crippen molar-refractivity contribution < 1.29 is 14.3 Å². The zero-order chi connectivity index (χ0) is 22.5. The number of likely N-dealkylation sites (tertiary alicyclic amines) is 1. The van der Waals surface area contributed by atoms with Crippen molar-refractivity contribution in [2.45, 2.75) is 32.2 Å². The van der Waals surface area contributed by atoms with Crippen LogP contribution >= 0.6 is 11.3 Å². The number of imidazole rings is 1. The lowest BCUT2D eigenvalue weighted by molar-refractivity contribution is 0.0949. The Labute approximate surface area is 190 Å². The molecule has 2 N–H and O–H groups in total. The normalized spacial score (nSPS) is 15.2. The van der Waals surface area contributed by atoms with Gasteiger partial charge in [0.1, 0.15) is 22.2 Å². The molecule has 3 heterocycles. The number of nitrogens with zero attached hydrogens (tertiary/aromatic N) is 4. The third kappa shape index (κ3) is 4.90. The van der Waals surface area contributed by atoms with Crippen LogP contribution in [0.25, 0.3) is 22.0 Å². The molecule has 1 saturated heterocycles. The summed E-state index contributed by atoms with van der Waals surface area (Å²) in [6.45, 7) is 5.27. The highest BCUT2D eigenvalue weighted by Crippen LogP contribution is 2.37. The van der Waals surface area contributed by atoms with E-state index in [-0.39, 0.29) is 24.4 Å². The Morgan fingerprint density at radius 2 is 2.03 bits per heavy atom. The Kier molecular flexibility index (Phi) is 7.29. The molecule has 9 heteroatoms. The van der Waals surface area contributed by atoms with E-state index in [1.807, 2.05) is 13.3 Å². The summed E-state index contributed by atoms with van der Waals surface area (Å²) >= 11 is 1.42. The van der Waals surface area contributed by atoms with Crippen molar-refractivity contribution in [3.63, 3.8) is 0 Å². The molecule has 1 aliphatic heterocycles. The maximum absolute atomic E-state index is 13.5. The second-order valence-electron chi connectivity index (χ2n) is 7.95. The van der Waals surface area contributed by atoms with Crippen LogP contribution in [0.15, 0.2) is 36.0 Å². The van der Waals surface area contributed by atoms with E-state index in [1.54, 1.807) is 17.5 Å². The lowest BCUT2D eigenvalue weighted by atomic mass is 10.0. The molecule has 0 bridgehead atoms. The molecule has 170 valence electrons. The summed E-state index contributed by atoms with van der Waals surface area (Å²) in [6.07, 6.45) is 4.56. The number of amides is 1. The fraction of sp³-hybridized carbons (Fsp3) is 0.435. The number of rotatable bonds is 8. The first-order valence-corrected chi connectivity index (χ1v) is 11.9. The predicted molar refractivity (Wildman–Crippen MR) is 123 cm³/mol. The van der Waals surface area contributed by atoms with Crippen molar-refractivity contribution in [2.75, 3.05) is 32.8 Å². The van der Waals surface area contributed by atoms with Gasteiger partial charge in [-0.2, -0.15) is 0 Å². The molecule has 1 aromatic carbocycles. The van der Waals surface area contributed by atoms with E-state index in [1.165, 1.54) is 23.5 Å². The van der Waals surface area contributed by atoms with E-state index >= 15 is 0 Å². The van der Waals surface area contributed by atoms with Crippen molar-refractivity contribution in [3.8, 4) is 22.0 Å². The van der Waals surface area contributed by atoms with Gasteiger partial charge in [-0.05, 0) is 43.5 Å². The Hall–Kier alpha value is -2.62. The quantitative estimate of drug-likeness (QED) is 0.540. The van der Waals surface area contributed by atoms with Gasteiger partial charge in [0.15, 0.2) is 0 Å². The van der Waals surface area contributed by atoms with Crippen LogP contribution in [-0.4, -0.2) is 63.2 Å². The van der Waals surface area contributed by atoms with Crippen LogP contribution in [-0.2, 0) is 0 Å². The summed E-state index contributed by atoms with van der Waals surface area (Å²) < 4.78 is 15.7. The van der Waals surface area contributed by atoms with Gasteiger partial charge >= 0.3 is 0 Å². The Morgan fingerprint density at radius 3 is 2.72 bits per heavy atom. The molecule has 4 rings (SSSR count). The number of carbonyl (C=O) groups excluding carboxylic acids is 1. The zero-order valence-corrected chi connectivity index (χ0v) is 18.9. The number of hydrogen-bond donors (Lipinski definition) is 2. The maximum atomic E-state index is 13.5. The lowest BCUT2D eigenvalue weighted by Gasteiger charge is -2.32. The van der Waals surface area contributed by atoms with E-state index in [2.05, 4.69) is 24.8 Å². The Balaban J connectivity index is 1.69. The van der Waals surface area contributed by atoms with E-state index in [4.69, 9.17) is 0 Å². The number of nitrogens with one attached hydrogen (secondary N) is 1. The van der Waals surface area contributed by atoms with Crippen LogP contribution in [0.5, 0.6) is 0 Å². The molecule has 2 aromatic heterocycles. The van der Waals surface area contributed by atoms with Gasteiger partial charge in [0, 0.05) is 43.2 Å². The molecular weight excluding hydrogens is 429 g/mol. The molecule has 7 nitrogen and oxygen atoms in total. The summed E-state index contributed by atoms with van der Waals surface area (Å²) in [4.78, 5) is 24.0. The summed E-state index contributed by atoms with van der Waals surface area (Å²) in [5, 5.41) is 14.6. The molecule has 0 unspecified atom stereocenters. The van der Waals surface area contributed by atoms with E-state index in [0.717, 1.165) is 54.3 Å². The van der Waals surface area contributed by atoms with Gasteiger partial charge in [-0.15, -0.1) is 11.3 Å². The standard InChI is InChI=1S/C23H28FN5O2S/c1-2-9-25-22(31)19-14-32-23(27-19)21-20(16-3-5-17(24)6-4-16)26-15-29(21)18-7-10-28(11-8-18)12-13-30/h3-6,14-15,18,30H,2,7-13H2,1H3,(H,25,31). The minimum atomic E-state index is -0.296. The predicted octanol–water partition coefficient (Wildman–Crippen LogP) is 3.58. The largest absolute Gasteiger partial charge is 0.395 e. The van der Waals surface area contributed by atoms with Crippen LogP contribution in [0, 0.1) is 5.82 Å². The molecule has 0 saturated carbocycles. The first-order valence-electron chi connectivity index (χ1n) is 11.0. The summed E-state index contributed by atoms with van der Waals surface area (Å²) in [5.41, 5.74) is 2.80. The minimum absolute atomic E-state index is 0.164. The molecule has 0 spiro atoms. The molecule has 1 amide bonds. The summed E-state index contributed by atoms with van der Waals surface area (Å²) in [5.74, 6) is -0.476. The van der Waals surface area contributed by atoms with Crippen molar-refractivity contribution in [1.82, 2.24) is 24.8 Å². The van der Waals surface area contributed by atoms with Crippen LogP contribution in [0.1, 0.15) is 42.7 Å². The third-order valence-corrected chi connectivity index (χ3v) is 6.60. The first-order chi connectivity index (χ1) is 15.6. The number of β-amino-alcohol motifs (C(OH)–C–C–N with tert-alkyl or cyclic N) is 1. The van der Waals surface area contributed by atoms with Crippen molar-refractivity contribution in [1.29, 1.82) is 0 Å². The fourth-order valence-electron chi connectivity index (χ4n) is 4.05. The van der Waals surface area contributed by atoms with Crippen LogP contribution in [0.4, 0.5) is 4.39 Å². The van der Waals surface area contributed by atoms with Crippen molar-refractivity contribution in [3.05, 3.63) is 47.5 Å². The highest BCUT2D eigenvalue weighted by atomic mass is 32.1. The van der Waals surface area contributed by atoms with Crippen LogP contribution in [0.3, 0.4) is 0 Å². The van der Waals surface area contributed by atoms with E-state index < -0.39 is 0 Å². The van der Waals surface area contributed by atoms with Gasteiger partial charge in [0.25, 0.3) is 5.91 Å². The summed E-state index contributed by atoms with van der Waals surface area (Å²) in [6, 6.07) is 6.53. The van der Waals surface area contributed by atoms with Gasteiger partial charge in [0.05, 0.1) is 18.6 Å². The SMILES string of the molecule is CCCNC(=O)c1csc(-c2c(-c3ccc(F)cc3)ncn2C2CCN(CCO)CC2)n1. The molecule has 0 atom stereocenters. The highest BCUT2D eigenvalue weighted by Gasteiger charge is 2.26. The lowest BCUT2D eigenvalue weighted by Crippen LogP contribution is -2.36. The average Bonchev–Trinajstić information content (AvgIpc) is 3.46. The number of carbonyl (C=O) groups is 1. The number of thiazole rings is 1. The van der Waals surface area contributed by atoms with E-state index in [0.29, 0.717) is 18.8 Å². The zero-order valence-electron chi connectivity index (χ0n) is 18.1. The van der Waals surface area contributed by atoms with Crippen LogP contribution < -0.4 is 5.32 Å². The molecule has 3 aromatic rings. The Morgan fingerprint density at radius 1 is 1.28 bits per heavy atom. The van der Waals surface area contributed by atoms with Gasteiger partial charge < -0.3 is 19.9 Å². The fourth-order valence-corrected chi connectivity index (χ4v) is 4.89. The number of hydrogen-bond acceptors (Lipinski definition) is 6. The van der Waals surface area contributed by atoms with Gasteiger partial charge in [0.2, 0.25) is 0 Å². The van der Waals surface area contributed by atoms with Crippen LogP contribution in [0.2, 0.25) is 0 Å². The number of aromatic nitrogens is 3. The van der Waals surface area contributed by atoms with Crippen molar-refractivity contribution >= 4 is 17.2 Å². The second-order valence-corrected chi connectivity index (χ2v) is 8.80.